The number of nitrogens with one attached hydrogen (secondary N) is 1. The molecule has 1 heterocycles. The van der Waals surface area contributed by atoms with E-state index >= 15 is 0 Å². The fourth-order valence-electron chi connectivity index (χ4n) is 2.21. The van der Waals surface area contributed by atoms with Gasteiger partial charge in [0.2, 0.25) is 5.91 Å². The third-order valence-corrected chi connectivity index (χ3v) is 3.21. The van der Waals surface area contributed by atoms with Crippen molar-refractivity contribution in [2.75, 3.05) is 19.6 Å². The number of carbonyl (C=O) groups is 2. The Morgan fingerprint density at radius 1 is 1.22 bits per heavy atom. The highest BCUT2D eigenvalue weighted by Gasteiger charge is 2.21. The summed E-state index contributed by atoms with van der Waals surface area (Å²) in [6.45, 7) is 5.70. The summed E-state index contributed by atoms with van der Waals surface area (Å²) in [6.07, 6.45) is 3.84. The number of likely N-dealkylation sites (tertiary alicyclic amines) is 1. The van der Waals surface area contributed by atoms with Crippen molar-refractivity contribution >= 4 is 11.9 Å². The molecule has 0 radical (unpaired) electrons. The first kappa shape index (κ1) is 15.0. The zero-order valence-corrected chi connectivity index (χ0v) is 11.3. The van der Waals surface area contributed by atoms with Crippen molar-refractivity contribution in [1.29, 1.82) is 0 Å². The molecule has 0 aromatic carbocycles. The highest BCUT2D eigenvalue weighted by Crippen LogP contribution is 2.09. The van der Waals surface area contributed by atoms with Gasteiger partial charge in [0.25, 0.3) is 0 Å². The third kappa shape index (κ3) is 5.04. The molecule has 1 amide bonds. The van der Waals surface area contributed by atoms with E-state index in [0.29, 0.717) is 12.3 Å². The van der Waals surface area contributed by atoms with Crippen LogP contribution in [0.25, 0.3) is 0 Å². The van der Waals surface area contributed by atoms with Gasteiger partial charge in [-0.1, -0.05) is 13.8 Å². The average molecular weight is 256 g/mol. The molecule has 5 nitrogen and oxygen atoms in total. The Morgan fingerprint density at radius 2 is 1.83 bits per heavy atom. The molecule has 1 unspecified atom stereocenters. The minimum absolute atomic E-state index is 0.0182. The van der Waals surface area contributed by atoms with Crippen LogP contribution in [0.15, 0.2) is 0 Å². The second kappa shape index (κ2) is 7.36. The molecular weight excluding hydrogens is 232 g/mol. The number of amides is 1. The van der Waals surface area contributed by atoms with Crippen LogP contribution in [-0.4, -0.2) is 47.6 Å². The number of carboxylic acids is 1. The average Bonchev–Trinajstić information content (AvgIpc) is 2.34. The summed E-state index contributed by atoms with van der Waals surface area (Å²) >= 11 is 0. The highest BCUT2D eigenvalue weighted by molar-refractivity contribution is 5.80. The monoisotopic (exact) mass is 256 g/mol. The fourth-order valence-corrected chi connectivity index (χ4v) is 2.21. The molecule has 104 valence electrons. The van der Waals surface area contributed by atoms with Crippen LogP contribution in [0, 0.1) is 5.92 Å². The normalized spacial score (nSPS) is 17.8. The number of rotatable bonds is 6. The number of carboxylic acid groups (broad SMARTS) is 1. The van der Waals surface area contributed by atoms with E-state index in [2.05, 4.69) is 5.32 Å². The van der Waals surface area contributed by atoms with Gasteiger partial charge in [-0.2, -0.15) is 0 Å². The summed E-state index contributed by atoms with van der Waals surface area (Å²) in [6, 6.07) is -0.626. The Balaban J connectivity index is 2.36. The second-order valence-corrected chi connectivity index (χ2v) is 5.34. The van der Waals surface area contributed by atoms with Gasteiger partial charge < -0.3 is 10.0 Å². The first-order chi connectivity index (χ1) is 8.50. The van der Waals surface area contributed by atoms with E-state index in [1.54, 1.807) is 0 Å². The summed E-state index contributed by atoms with van der Waals surface area (Å²) in [5, 5.41) is 11.9. The third-order valence-electron chi connectivity index (χ3n) is 3.21. The standard InChI is InChI=1S/C13H24N2O3/c1-10(2)8-11(13(17)18)14-9-12(16)15-6-4-3-5-7-15/h10-11,14H,3-9H2,1-2H3,(H,17,18). The maximum atomic E-state index is 11.9. The number of hydrogen-bond donors (Lipinski definition) is 2. The van der Waals surface area contributed by atoms with Gasteiger partial charge >= 0.3 is 5.97 Å². The molecule has 0 aromatic rings. The Labute approximate surface area is 109 Å². The van der Waals surface area contributed by atoms with E-state index in [0.717, 1.165) is 25.9 Å². The second-order valence-electron chi connectivity index (χ2n) is 5.34. The SMILES string of the molecule is CC(C)CC(NCC(=O)N1CCCCC1)C(=O)O. The lowest BCUT2D eigenvalue weighted by atomic mass is 10.0. The number of nitrogens with zero attached hydrogens (tertiary/aromatic N) is 1. The molecule has 0 aromatic heterocycles. The maximum absolute atomic E-state index is 11.9. The Kier molecular flexibility index (Phi) is 6.12. The molecule has 2 N–H and O–H groups in total. The van der Waals surface area contributed by atoms with Crippen LogP contribution in [-0.2, 0) is 9.59 Å². The van der Waals surface area contributed by atoms with Crippen molar-refractivity contribution in [2.24, 2.45) is 5.92 Å². The number of aliphatic carboxylic acids is 1. The minimum atomic E-state index is -0.879. The Bertz CT molecular complexity index is 286. The van der Waals surface area contributed by atoms with E-state index in [1.807, 2.05) is 18.7 Å². The molecule has 1 atom stereocenters. The van der Waals surface area contributed by atoms with E-state index in [9.17, 15) is 9.59 Å². The van der Waals surface area contributed by atoms with Crippen LogP contribution in [0.5, 0.6) is 0 Å². The molecular formula is C13H24N2O3. The van der Waals surface area contributed by atoms with Crippen molar-refractivity contribution < 1.29 is 14.7 Å². The molecule has 0 spiro atoms. The Morgan fingerprint density at radius 3 is 2.33 bits per heavy atom. The minimum Gasteiger partial charge on any atom is -0.480 e. The quantitative estimate of drug-likeness (QED) is 0.746. The van der Waals surface area contributed by atoms with Gasteiger partial charge in [0.1, 0.15) is 6.04 Å². The van der Waals surface area contributed by atoms with E-state index in [4.69, 9.17) is 5.11 Å². The largest absolute Gasteiger partial charge is 0.480 e. The van der Waals surface area contributed by atoms with Gasteiger partial charge in [0.05, 0.1) is 6.54 Å². The van der Waals surface area contributed by atoms with Crippen LogP contribution >= 0.6 is 0 Å². The molecule has 0 saturated carbocycles. The van der Waals surface area contributed by atoms with Gasteiger partial charge in [-0.05, 0) is 31.6 Å². The predicted molar refractivity (Wildman–Crippen MR) is 69.3 cm³/mol. The van der Waals surface area contributed by atoms with Crippen LogP contribution in [0.3, 0.4) is 0 Å². The molecule has 0 bridgehead atoms. The first-order valence-corrected chi connectivity index (χ1v) is 6.74. The zero-order chi connectivity index (χ0) is 13.5. The molecule has 1 aliphatic rings. The summed E-state index contributed by atoms with van der Waals surface area (Å²) in [4.78, 5) is 24.7. The van der Waals surface area contributed by atoms with Crippen molar-refractivity contribution in [2.45, 2.75) is 45.6 Å². The van der Waals surface area contributed by atoms with E-state index in [-0.39, 0.29) is 12.5 Å². The van der Waals surface area contributed by atoms with Crippen molar-refractivity contribution in [3.8, 4) is 0 Å². The lowest BCUT2D eigenvalue weighted by molar-refractivity contribution is -0.140. The number of carbonyl (C=O) groups excluding carboxylic acids is 1. The van der Waals surface area contributed by atoms with Crippen LogP contribution < -0.4 is 5.32 Å². The van der Waals surface area contributed by atoms with Crippen molar-refractivity contribution in [3.63, 3.8) is 0 Å². The molecule has 18 heavy (non-hydrogen) atoms. The van der Waals surface area contributed by atoms with Gasteiger partial charge in [-0.15, -0.1) is 0 Å². The fraction of sp³-hybridized carbons (Fsp3) is 0.846. The maximum Gasteiger partial charge on any atom is 0.320 e. The van der Waals surface area contributed by atoms with Gasteiger partial charge in [-0.25, -0.2) is 0 Å². The summed E-state index contributed by atoms with van der Waals surface area (Å²) < 4.78 is 0. The summed E-state index contributed by atoms with van der Waals surface area (Å²) in [5.41, 5.74) is 0. The smallest absolute Gasteiger partial charge is 0.320 e. The lowest BCUT2D eigenvalue weighted by Crippen LogP contribution is -2.46. The van der Waals surface area contributed by atoms with E-state index < -0.39 is 12.0 Å². The van der Waals surface area contributed by atoms with Gasteiger partial charge in [0.15, 0.2) is 0 Å². The summed E-state index contributed by atoms with van der Waals surface area (Å²) in [5.74, 6) is -0.566. The lowest BCUT2D eigenvalue weighted by Gasteiger charge is -2.27. The van der Waals surface area contributed by atoms with Crippen LogP contribution in [0.1, 0.15) is 39.5 Å². The number of piperidine rings is 1. The van der Waals surface area contributed by atoms with Crippen molar-refractivity contribution in [3.05, 3.63) is 0 Å². The topological polar surface area (TPSA) is 69.6 Å². The molecule has 1 fully saturated rings. The summed E-state index contributed by atoms with van der Waals surface area (Å²) in [7, 11) is 0. The Hall–Kier alpha value is -1.10. The molecule has 1 rings (SSSR count). The van der Waals surface area contributed by atoms with Gasteiger partial charge in [0, 0.05) is 13.1 Å². The molecule has 0 aliphatic carbocycles. The number of hydrogen-bond acceptors (Lipinski definition) is 3. The zero-order valence-electron chi connectivity index (χ0n) is 11.3. The first-order valence-electron chi connectivity index (χ1n) is 6.74. The van der Waals surface area contributed by atoms with E-state index in [1.165, 1.54) is 6.42 Å². The molecule has 1 aliphatic heterocycles. The van der Waals surface area contributed by atoms with Gasteiger partial charge in [-0.3, -0.25) is 14.9 Å². The van der Waals surface area contributed by atoms with Crippen LogP contribution in [0.4, 0.5) is 0 Å². The molecule has 1 saturated heterocycles. The molecule has 5 heteroatoms. The predicted octanol–water partition coefficient (Wildman–Crippen LogP) is 1.09. The highest BCUT2D eigenvalue weighted by atomic mass is 16.4. The van der Waals surface area contributed by atoms with Crippen LogP contribution in [0.2, 0.25) is 0 Å². The van der Waals surface area contributed by atoms with Crippen molar-refractivity contribution in [1.82, 2.24) is 10.2 Å².